The van der Waals surface area contributed by atoms with Gasteiger partial charge in [-0.15, -0.1) is 5.10 Å². The maximum absolute atomic E-state index is 11.4. The topological polar surface area (TPSA) is 110 Å². The number of nitrogens with one attached hydrogen (secondary N) is 2. The summed E-state index contributed by atoms with van der Waals surface area (Å²) in [6.07, 6.45) is 7.25. The van der Waals surface area contributed by atoms with Gasteiger partial charge >= 0.3 is 0 Å². The average molecular weight is 464 g/mol. The normalized spacial score (nSPS) is 17.8. The molecule has 1 atom stereocenters. The van der Waals surface area contributed by atoms with Crippen molar-refractivity contribution in [3.63, 3.8) is 0 Å². The number of fused-ring (bicyclic) bond motifs is 2. The fraction of sp³-hybridized carbons (Fsp3) is 0.417. The minimum absolute atomic E-state index is 0.0270. The van der Waals surface area contributed by atoms with Crippen LogP contribution in [0.25, 0.3) is 28.1 Å². The monoisotopic (exact) mass is 463 g/mol. The number of nitrogens with zero attached hydrogens (tertiary/aromatic N) is 5. The molecule has 2 fully saturated rings. The van der Waals surface area contributed by atoms with E-state index in [2.05, 4.69) is 30.6 Å². The molecule has 2 aliphatic heterocycles. The van der Waals surface area contributed by atoms with Gasteiger partial charge in [-0.05, 0) is 51.6 Å². The molecule has 4 aromatic heterocycles. The van der Waals surface area contributed by atoms with Crippen LogP contribution in [0.3, 0.4) is 0 Å². The number of ether oxygens (including phenoxy) is 1. The summed E-state index contributed by atoms with van der Waals surface area (Å²) in [6, 6.07) is 7.58. The van der Waals surface area contributed by atoms with E-state index in [0.29, 0.717) is 30.3 Å². The van der Waals surface area contributed by atoms with Crippen LogP contribution in [0.4, 0.5) is 5.82 Å². The second kappa shape index (κ2) is 9.68. The SMILES string of the molecule is CNC.O=C1CCC(COc2ccc3ncc(-c4cc5c(N6CCCC6)nccc5o4)n3n2)N1. The Morgan fingerprint density at radius 3 is 2.79 bits per heavy atom. The van der Waals surface area contributed by atoms with Crippen molar-refractivity contribution >= 4 is 28.3 Å². The maximum Gasteiger partial charge on any atom is 0.231 e. The van der Waals surface area contributed by atoms with Crippen LogP contribution in [0, 0.1) is 0 Å². The van der Waals surface area contributed by atoms with Gasteiger partial charge in [0.25, 0.3) is 0 Å². The zero-order chi connectivity index (χ0) is 23.5. The van der Waals surface area contributed by atoms with Gasteiger partial charge in [0.05, 0.1) is 17.6 Å². The van der Waals surface area contributed by atoms with Gasteiger partial charge in [-0.1, -0.05) is 0 Å². The Hall–Kier alpha value is -3.66. The molecule has 0 aromatic carbocycles. The molecule has 6 heterocycles. The Morgan fingerprint density at radius 1 is 1.21 bits per heavy atom. The number of aromatic nitrogens is 4. The Kier molecular flexibility index (Phi) is 6.31. The van der Waals surface area contributed by atoms with Crippen molar-refractivity contribution in [3.05, 3.63) is 36.7 Å². The second-order valence-corrected chi connectivity index (χ2v) is 8.55. The Morgan fingerprint density at radius 2 is 2.03 bits per heavy atom. The van der Waals surface area contributed by atoms with Crippen LogP contribution < -0.4 is 20.3 Å². The predicted molar refractivity (Wildman–Crippen MR) is 129 cm³/mol. The quantitative estimate of drug-likeness (QED) is 0.465. The second-order valence-electron chi connectivity index (χ2n) is 8.55. The molecular formula is C24H29N7O3. The molecule has 6 rings (SSSR count). The first-order valence-corrected chi connectivity index (χ1v) is 11.7. The lowest BCUT2D eigenvalue weighted by molar-refractivity contribution is -0.119. The van der Waals surface area contributed by atoms with Gasteiger partial charge in [-0.2, -0.15) is 0 Å². The van der Waals surface area contributed by atoms with Gasteiger partial charge in [0.15, 0.2) is 11.4 Å². The number of amides is 1. The maximum atomic E-state index is 11.4. The van der Waals surface area contributed by atoms with Crippen molar-refractivity contribution in [2.45, 2.75) is 31.7 Å². The highest BCUT2D eigenvalue weighted by atomic mass is 16.5. The predicted octanol–water partition coefficient (Wildman–Crippen LogP) is 2.63. The molecule has 34 heavy (non-hydrogen) atoms. The zero-order valence-electron chi connectivity index (χ0n) is 19.5. The summed E-state index contributed by atoms with van der Waals surface area (Å²) < 4.78 is 13.7. The summed E-state index contributed by atoms with van der Waals surface area (Å²) >= 11 is 0. The smallest absolute Gasteiger partial charge is 0.231 e. The molecule has 178 valence electrons. The van der Waals surface area contributed by atoms with Crippen molar-refractivity contribution < 1.29 is 13.9 Å². The van der Waals surface area contributed by atoms with Crippen LogP contribution in [-0.2, 0) is 4.79 Å². The van der Waals surface area contributed by atoms with Gasteiger partial charge in [0.1, 0.15) is 23.7 Å². The first-order chi connectivity index (χ1) is 16.7. The molecule has 2 saturated heterocycles. The average Bonchev–Trinajstić information content (AvgIpc) is 3.63. The molecule has 10 heteroatoms. The van der Waals surface area contributed by atoms with E-state index < -0.39 is 0 Å². The Labute approximate surface area is 197 Å². The van der Waals surface area contributed by atoms with Gasteiger partial charge in [-0.3, -0.25) is 4.79 Å². The van der Waals surface area contributed by atoms with E-state index in [-0.39, 0.29) is 11.9 Å². The largest absolute Gasteiger partial charge is 0.474 e. The summed E-state index contributed by atoms with van der Waals surface area (Å²) in [5.74, 6) is 2.20. The zero-order valence-corrected chi connectivity index (χ0v) is 19.5. The number of rotatable bonds is 5. The summed E-state index contributed by atoms with van der Waals surface area (Å²) in [7, 11) is 3.75. The first-order valence-electron chi connectivity index (χ1n) is 11.7. The Bertz CT molecular complexity index is 1290. The number of hydrogen-bond acceptors (Lipinski definition) is 8. The van der Waals surface area contributed by atoms with Crippen molar-refractivity contribution in [2.24, 2.45) is 0 Å². The van der Waals surface area contributed by atoms with Crippen molar-refractivity contribution in [3.8, 4) is 17.3 Å². The molecule has 1 amide bonds. The number of imidazole rings is 1. The third-order valence-corrected chi connectivity index (χ3v) is 5.94. The Balaban J connectivity index is 0.000000764. The van der Waals surface area contributed by atoms with Crippen molar-refractivity contribution in [2.75, 3.05) is 38.7 Å². The highest BCUT2D eigenvalue weighted by Gasteiger charge is 2.22. The minimum Gasteiger partial charge on any atom is -0.474 e. The first kappa shape index (κ1) is 22.1. The summed E-state index contributed by atoms with van der Waals surface area (Å²) in [5, 5.41) is 11.2. The standard InChI is InChI=1S/C22H22N6O3.C2H7N/c29-20-5-3-14(25-20)13-30-21-6-4-19-24-12-16(28(19)26-21)18-11-15-17(31-18)7-8-23-22(15)27-9-1-2-10-27;1-3-2/h4,6-8,11-12,14H,1-3,5,9-10,13H2,(H,25,29);3H,1-2H3. The lowest BCUT2D eigenvalue weighted by atomic mass is 10.2. The lowest BCUT2D eigenvalue weighted by Crippen LogP contribution is -2.31. The molecule has 0 saturated carbocycles. The van der Waals surface area contributed by atoms with E-state index >= 15 is 0 Å². The summed E-state index contributed by atoms with van der Waals surface area (Å²) in [5.41, 5.74) is 2.25. The van der Waals surface area contributed by atoms with E-state index in [0.717, 1.165) is 42.0 Å². The molecular weight excluding hydrogens is 434 g/mol. The molecule has 10 nitrogen and oxygen atoms in total. The number of anilines is 1. The number of furan rings is 1. The van der Waals surface area contributed by atoms with Crippen LogP contribution in [0.2, 0.25) is 0 Å². The van der Waals surface area contributed by atoms with Crippen LogP contribution in [-0.4, -0.2) is 65.3 Å². The summed E-state index contributed by atoms with van der Waals surface area (Å²) in [6.45, 7) is 2.43. The molecule has 0 bridgehead atoms. The fourth-order valence-corrected chi connectivity index (χ4v) is 4.35. The number of pyridine rings is 1. The van der Waals surface area contributed by atoms with Crippen molar-refractivity contribution in [1.82, 2.24) is 30.2 Å². The third kappa shape index (κ3) is 4.41. The minimum atomic E-state index is 0.0270. The van der Waals surface area contributed by atoms with Gasteiger partial charge in [-0.25, -0.2) is 14.5 Å². The highest BCUT2D eigenvalue weighted by Crippen LogP contribution is 2.34. The van der Waals surface area contributed by atoms with E-state index in [4.69, 9.17) is 9.15 Å². The molecule has 0 spiro atoms. The molecule has 2 N–H and O–H groups in total. The third-order valence-electron chi connectivity index (χ3n) is 5.94. The number of hydrogen-bond donors (Lipinski definition) is 2. The van der Waals surface area contributed by atoms with E-state index in [9.17, 15) is 4.79 Å². The van der Waals surface area contributed by atoms with Crippen LogP contribution in [0.1, 0.15) is 25.7 Å². The van der Waals surface area contributed by atoms with Gasteiger partial charge in [0, 0.05) is 31.8 Å². The van der Waals surface area contributed by atoms with E-state index in [1.54, 1.807) is 23.0 Å². The fourth-order valence-electron chi connectivity index (χ4n) is 4.35. The van der Waals surface area contributed by atoms with Gasteiger partial charge < -0.3 is 24.7 Å². The van der Waals surface area contributed by atoms with Crippen molar-refractivity contribution in [1.29, 1.82) is 0 Å². The van der Waals surface area contributed by atoms with E-state index in [1.165, 1.54) is 12.8 Å². The highest BCUT2D eigenvalue weighted by molar-refractivity contribution is 5.92. The molecule has 4 aromatic rings. The molecule has 2 aliphatic rings. The van der Waals surface area contributed by atoms with Crippen LogP contribution in [0.15, 0.2) is 41.1 Å². The summed E-state index contributed by atoms with van der Waals surface area (Å²) in [4.78, 5) is 22.7. The van der Waals surface area contributed by atoms with Crippen LogP contribution >= 0.6 is 0 Å². The van der Waals surface area contributed by atoms with Crippen LogP contribution in [0.5, 0.6) is 5.88 Å². The lowest BCUT2D eigenvalue weighted by Gasteiger charge is -2.16. The number of carbonyl (C=O) groups is 1. The molecule has 1 unspecified atom stereocenters. The molecule has 0 aliphatic carbocycles. The molecule has 0 radical (unpaired) electrons. The van der Waals surface area contributed by atoms with E-state index in [1.807, 2.05) is 32.3 Å². The number of carbonyl (C=O) groups excluding carboxylic acids is 1. The van der Waals surface area contributed by atoms with Gasteiger partial charge in [0.2, 0.25) is 11.8 Å².